The van der Waals surface area contributed by atoms with E-state index < -0.39 is 10.0 Å². The smallest absolute Gasteiger partial charge is 0.311 e. The van der Waals surface area contributed by atoms with Gasteiger partial charge in [-0.05, 0) is 30.2 Å². The van der Waals surface area contributed by atoms with Gasteiger partial charge in [0, 0.05) is 13.1 Å². The molecule has 0 amide bonds. The number of rotatable bonds is 2. The molecule has 2 aliphatic rings. The molecule has 1 saturated heterocycles. The van der Waals surface area contributed by atoms with Crippen LogP contribution in [0.15, 0.2) is 23.1 Å². The number of morpholine rings is 1. The van der Waals surface area contributed by atoms with Crippen LogP contribution in [-0.4, -0.2) is 45.0 Å². The van der Waals surface area contributed by atoms with Crippen LogP contribution in [0.5, 0.6) is 5.75 Å². The number of benzene rings is 1. The maximum Gasteiger partial charge on any atom is 0.311 e. The van der Waals surface area contributed by atoms with E-state index in [1.54, 1.807) is 12.1 Å². The van der Waals surface area contributed by atoms with E-state index in [0.29, 0.717) is 38.5 Å². The van der Waals surface area contributed by atoms with E-state index >= 15 is 0 Å². The lowest BCUT2D eigenvalue weighted by Crippen LogP contribution is -2.40. The second kappa shape index (κ2) is 5.16. The minimum absolute atomic E-state index is 0.246. The Morgan fingerprint density at radius 2 is 1.85 bits per heavy atom. The number of sulfonamides is 1. The molecule has 0 saturated carbocycles. The van der Waals surface area contributed by atoms with Gasteiger partial charge in [0.2, 0.25) is 10.0 Å². The number of hydrogen-bond donors (Lipinski definition) is 0. The summed E-state index contributed by atoms with van der Waals surface area (Å²) in [6.45, 7) is 1.58. The third-order valence-corrected chi connectivity index (χ3v) is 5.36. The summed E-state index contributed by atoms with van der Waals surface area (Å²) in [6, 6.07) is 4.65. The normalized spacial score (nSPS) is 20.3. The van der Waals surface area contributed by atoms with Gasteiger partial charge in [0.05, 0.1) is 24.5 Å². The number of fused-ring (bicyclic) bond motifs is 1. The first-order valence-electron chi connectivity index (χ1n) is 6.49. The van der Waals surface area contributed by atoms with Gasteiger partial charge in [-0.1, -0.05) is 0 Å². The number of aryl methyl sites for hydroxylation is 1. The number of carbonyl (C=O) groups excluding carboxylic acids is 1. The highest BCUT2D eigenvalue weighted by atomic mass is 32.2. The first-order chi connectivity index (χ1) is 9.57. The van der Waals surface area contributed by atoms with E-state index in [1.807, 2.05) is 0 Å². The molecule has 0 unspecified atom stereocenters. The van der Waals surface area contributed by atoms with Crippen LogP contribution < -0.4 is 4.74 Å². The molecule has 108 valence electrons. The van der Waals surface area contributed by atoms with Crippen LogP contribution in [0.4, 0.5) is 0 Å². The van der Waals surface area contributed by atoms with Crippen molar-refractivity contribution in [3.8, 4) is 5.75 Å². The van der Waals surface area contributed by atoms with Crippen LogP contribution >= 0.6 is 0 Å². The van der Waals surface area contributed by atoms with E-state index in [-0.39, 0.29) is 17.3 Å². The van der Waals surface area contributed by atoms with Crippen molar-refractivity contribution in [3.63, 3.8) is 0 Å². The van der Waals surface area contributed by atoms with Crippen molar-refractivity contribution >= 4 is 16.0 Å². The molecule has 3 rings (SSSR count). The van der Waals surface area contributed by atoms with Gasteiger partial charge >= 0.3 is 5.97 Å². The average molecular weight is 297 g/mol. The molecular formula is C13H15NO5S. The summed E-state index contributed by atoms with van der Waals surface area (Å²) in [5.74, 6) is 0.184. The Morgan fingerprint density at radius 3 is 2.60 bits per heavy atom. The van der Waals surface area contributed by atoms with Crippen molar-refractivity contribution < 1.29 is 22.7 Å². The monoisotopic (exact) mass is 297 g/mol. The quantitative estimate of drug-likeness (QED) is 0.589. The van der Waals surface area contributed by atoms with Crippen molar-refractivity contribution in [1.29, 1.82) is 0 Å². The molecule has 0 radical (unpaired) electrons. The molecule has 7 heteroatoms. The lowest BCUT2D eigenvalue weighted by molar-refractivity contribution is -0.135. The summed E-state index contributed by atoms with van der Waals surface area (Å²) >= 11 is 0. The summed E-state index contributed by atoms with van der Waals surface area (Å²) in [5.41, 5.74) is 0.763. The van der Waals surface area contributed by atoms with E-state index in [0.717, 1.165) is 5.56 Å². The zero-order chi connectivity index (χ0) is 14.2. The van der Waals surface area contributed by atoms with Crippen LogP contribution in [0.1, 0.15) is 12.0 Å². The van der Waals surface area contributed by atoms with E-state index in [4.69, 9.17) is 9.47 Å². The Balaban J connectivity index is 1.92. The fraction of sp³-hybridized carbons (Fsp3) is 0.462. The molecule has 2 heterocycles. The van der Waals surface area contributed by atoms with Gasteiger partial charge in [0.1, 0.15) is 5.75 Å². The predicted octanol–water partition coefficient (Wildman–Crippen LogP) is 0.559. The molecule has 2 aliphatic heterocycles. The van der Waals surface area contributed by atoms with Crippen LogP contribution in [0.3, 0.4) is 0 Å². The standard InChI is InChI=1S/C13H15NO5S/c15-13-4-1-10-9-11(2-3-12(10)19-13)20(16,17)14-5-7-18-8-6-14/h2-3,9H,1,4-8H2. The molecule has 1 aromatic carbocycles. The summed E-state index contributed by atoms with van der Waals surface area (Å²) in [5, 5.41) is 0. The summed E-state index contributed by atoms with van der Waals surface area (Å²) < 4.78 is 36.7. The highest BCUT2D eigenvalue weighted by molar-refractivity contribution is 7.89. The maximum atomic E-state index is 12.5. The Labute approximate surface area is 117 Å². The second-order valence-electron chi connectivity index (χ2n) is 4.76. The van der Waals surface area contributed by atoms with Crippen molar-refractivity contribution in [2.24, 2.45) is 0 Å². The topological polar surface area (TPSA) is 72.9 Å². The molecule has 0 aromatic heterocycles. The molecule has 1 fully saturated rings. The third-order valence-electron chi connectivity index (χ3n) is 3.46. The molecule has 0 N–H and O–H groups in total. The van der Waals surface area contributed by atoms with E-state index in [2.05, 4.69) is 0 Å². The van der Waals surface area contributed by atoms with Crippen molar-refractivity contribution in [3.05, 3.63) is 23.8 Å². The molecule has 1 aromatic rings. The number of esters is 1. The van der Waals surface area contributed by atoms with Gasteiger partial charge < -0.3 is 9.47 Å². The summed E-state index contributed by atoms with van der Waals surface area (Å²) in [6.07, 6.45) is 0.800. The second-order valence-corrected chi connectivity index (χ2v) is 6.70. The molecule has 0 aliphatic carbocycles. The van der Waals surface area contributed by atoms with Gasteiger partial charge in [-0.25, -0.2) is 8.42 Å². The molecule has 6 nitrogen and oxygen atoms in total. The fourth-order valence-electron chi connectivity index (χ4n) is 2.36. The zero-order valence-electron chi connectivity index (χ0n) is 10.9. The molecule has 0 bridgehead atoms. The number of hydrogen-bond acceptors (Lipinski definition) is 5. The molecular weight excluding hydrogens is 282 g/mol. The summed E-state index contributed by atoms with van der Waals surface area (Å²) in [7, 11) is -3.50. The van der Waals surface area contributed by atoms with Gasteiger partial charge in [-0.2, -0.15) is 4.31 Å². The van der Waals surface area contributed by atoms with E-state index in [9.17, 15) is 13.2 Å². The van der Waals surface area contributed by atoms with E-state index in [1.165, 1.54) is 10.4 Å². The summed E-state index contributed by atoms with van der Waals surface area (Å²) in [4.78, 5) is 11.4. The first kappa shape index (κ1) is 13.5. The van der Waals surface area contributed by atoms with Gasteiger partial charge in [-0.3, -0.25) is 4.79 Å². The van der Waals surface area contributed by atoms with Crippen LogP contribution in [0.25, 0.3) is 0 Å². The third kappa shape index (κ3) is 2.44. The van der Waals surface area contributed by atoms with Gasteiger partial charge in [-0.15, -0.1) is 0 Å². The predicted molar refractivity (Wildman–Crippen MR) is 70.0 cm³/mol. The largest absolute Gasteiger partial charge is 0.426 e. The van der Waals surface area contributed by atoms with Crippen molar-refractivity contribution in [2.75, 3.05) is 26.3 Å². The highest BCUT2D eigenvalue weighted by Gasteiger charge is 2.28. The minimum Gasteiger partial charge on any atom is -0.426 e. The van der Waals surface area contributed by atoms with Gasteiger partial charge in [0.25, 0.3) is 0 Å². The fourth-order valence-corrected chi connectivity index (χ4v) is 3.82. The Morgan fingerprint density at radius 1 is 1.10 bits per heavy atom. The van der Waals surface area contributed by atoms with Crippen LogP contribution in [-0.2, 0) is 26.0 Å². The maximum absolute atomic E-state index is 12.5. The SMILES string of the molecule is O=C1CCc2cc(S(=O)(=O)N3CCOCC3)ccc2O1. The van der Waals surface area contributed by atoms with Crippen LogP contribution in [0.2, 0.25) is 0 Å². The highest BCUT2D eigenvalue weighted by Crippen LogP contribution is 2.29. The van der Waals surface area contributed by atoms with Crippen molar-refractivity contribution in [1.82, 2.24) is 4.31 Å². The lowest BCUT2D eigenvalue weighted by Gasteiger charge is -2.26. The number of ether oxygens (including phenoxy) is 2. The Bertz CT molecular complexity index is 634. The van der Waals surface area contributed by atoms with Crippen molar-refractivity contribution in [2.45, 2.75) is 17.7 Å². The number of carbonyl (C=O) groups is 1. The van der Waals surface area contributed by atoms with Gasteiger partial charge in [0.15, 0.2) is 0 Å². The van der Waals surface area contributed by atoms with Crippen LogP contribution in [0, 0.1) is 0 Å². The lowest BCUT2D eigenvalue weighted by atomic mass is 10.1. The Hall–Kier alpha value is -1.44. The minimum atomic E-state index is -3.50. The zero-order valence-corrected chi connectivity index (χ0v) is 11.7. The average Bonchev–Trinajstić information content (AvgIpc) is 2.47. The molecule has 0 atom stereocenters. The molecule has 20 heavy (non-hydrogen) atoms. The first-order valence-corrected chi connectivity index (χ1v) is 7.93. The number of nitrogens with zero attached hydrogens (tertiary/aromatic N) is 1. The Kier molecular flexibility index (Phi) is 3.49. The molecule has 0 spiro atoms.